The second-order valence-electron chi connectivity index (χ2n) is 11.1. The first-order valence-corrected chi connectivity index (χ1v) is 16.5. The van der Waals surface area contributed by atoms with Crippen molar-refractivity contribution in [2.24, 2.45) is 7.05 Å². The predicted octanol–water partition coefficient (Wildman–Crippen LogP) is 5.93. The Bertz CT molecular complexity index is 1780. The van der Waals surface area contributed by atoms with Gasteiger partial charge in [-0.15, -0.1) is 0 Å². The lowest BCUT2D eigenvalue weighted by molar-refractivity contribution is 0.102. The molecule has 0 radical (unpaired) electrons. The van der Waals surface area contributed by atoms with E-state index in [2.05, 4.69) is 22.5 Å². The molecule has 8 nitrogen and oxygen atoms in total. The summed E-state index contributed by atoms with van der Waals surface area (Å²) in [4.78, 5) is 28.4. The van der Waals surface area contributed by atoms with Crippen molar-refractivity contribution < 1.29 is 13.2 Å². The summed E-state index contributed by atoms with van der Waals surface area (Å²) < 4.78 is 25.1. The van der Waals surface area contributed by atoms with Gasteiger partial charge in [0.15, 0.2) is 9.84 Å². The Morgan fingerprint density at radius 1 is 0.930 bits per heavy atom. The van der Waals surface area contributed by atoms with Crippen molar-refractivity contribution in [3.05, 3.63) is 106 Å². The first-order valence-electron chi connectivity index (χ1n) is 14.7. The second kappa shape index (κ2) is 12.9. The van der Waals surface area contributed by atoms with E-state index in [0.717, 1.165) is 58.6 Å². The number of anilines is 4. The number of pyridine rings is 1. The average Bonchev–Trinajstić information content (AvgIpc) is 3.00. The summed E-state index contributed by atoms with van der Waals surface area (Å²) in [5.41, 5.74) is 7.06. The molecule has 0 unspecified atom stereocenters. The minimum absolute atomic E-state index is 0.135. The number of aromatic nitrogens is 1. The monoisotopic (exact) mass is 598 g/mol. The minimum atomic E-state index is -2.95. The van der Waals surface area contributed by atoms with Gasteiger partial charge in [-0.3, -0.25) is 9.59 Å². The van der Waals surface area contributed by atoms with Gasteiger partial charge in [-0.1, -0.05) is 43.7 Å². The van der Waals surface area contributed by atoms with Crippen LogP contribution in [0.15, 0.2) is 83.8 Å². The van der Waals surface area contributed by atoms with E-state index in [1.807, 2.05) is 79.7 Å². The fourth-order valence-corrected chi connectivity index (χ4v) is 6.63. The molecule has 1 amide bonds. The topological polar surface area (TPSA) is 101 Å². The Balaban J connectivity index is 1.37. The molecule has 1 aliphatic heterocycles. The van der Waals surface area contributed by atoms with Crippen molar-refractivity contribution >= 4 is 38.5 Å². The van der Waals surface area contributed by atoms with Crippen LogP contribution in [0, 0.1) is 6.92 Å². The van der Waals surface area contributed by atoms with Gasteiger partial charge >= 0.3 is 0 Å². The molecule has 0 atom stereocenters. The standard InChI is InChI=1S/C34H38N4O4S/c1-4-5-9-25-10-6-7-11-30(25)33(39)36-31-13-8-12-29(24(31)2)26-22-32(34(40)37(3)23-26)35-27-14-16-28(17-15-27)38-18-20-43(41,42)21-19-38/h6-8,10-17,22-23,35H,4-5,9,18-21H2,1-3H3,(H,36,39). The summed E-state index contributed by atoms with van der Waals surface area (Å²) in [5, 5.41) is 6.37. The largest absolute Gasteiger partial charge is 0.369 e. The van der Waals surface area contributed by atoms with Crippen molar-refractivity contribution in [2.45, 2.75) is 33.1 Å². The number of aryl methyl sites for hydroxylation is 2. The van der Waals surface area contributed by atoms with Crippen molar-refractivity contribution in [3.63, 3.8) is 0 Å². The Morgan fingerprint density at radius 3 is 2.37 bits per heavy atom. The van der Waals surface area contributed by atoms with Gasteiger partial charge in [-0.05, 0) is 78.9 Å². The van der Waals surface area contributed by atoms with Crippen molar-refractivity contribution in [3.8, 4) is 11.1 Å². The van der Waals surface area contributed by atoms with Gasteiger partial charge in [0.05, 0.1) is 11.5 Å². The van der Waals surface area contributed by atoms with Crippen molar-refractivity contribution in [1.29, 1.82) is 0 Å². The summed E-state index contributed by atoms with van der Waals surface area (Å²) >= 11 is 0. The highest BCUT2D eigenvalue weighted by molar-refractivity contribution is 7.91. The number of nitrogens with zero attached hydrogens (tertiary/aromatic N) is 2. The highest BCUT2D eigenvalue weighted by atomic mass is 32.2. The molecule has 1 aliphatic rings. The smallest absolute Gasteiger partial charge is 0.274 e. The van der Waals surface area contributed by atoms with Crippen LogP contribution in [0.3, 0.4) is 0 Å². The third-order valence-electron chi connectivity index (χ3n) is 7.99. The van der Waals surface area contributed by atoms with E-state index in [1.165, 1.54) is 0 Å². The molecule has 4 aromatic rings. The fourth-order valence-electron chi connectivity index (χ4n) is 5.43. The molecule has 3 aromatic carbocycles. The minimum Gasteiger partial charge on any atom is -0.369 e. The number of unbranched alkanes of at least 4 members (excludes halogenated alkanes) is 1. The average molecular weight is 599 g/mol. The summed E-state index contributed by atoms with van der Waals surface area (Å²) in [6.45, 7) is 5.06. The number of carbonyl (C=O) groups excluding carboxylic acids is 1. The summed E-state index contributed by atoms with van der Waals surface area (Å²) in [7, 11) is -1.23. The SMILES string of the molecule is CCCCc1ccccc1C(=O)Nc1cccc(-c2cc(Nc3ccc(N4CCS(=O)(=O)CC4)cc3)c(=O)n(C)c2)c1C. The van der Waals surface area contributed by atoms with E-state index >= 15 is 0 Å². The van der Waals surface area contributed by atoms with E-state index in [1.54, 1.807) is 17.8 Å². The lowest BCUT2D eigenvalue weighted by atomic mass is 9.99. The van der Waals surface area contributed by atoms with Crippen molar-refractivity contribution in [2.75, 3.05) is 40.1 Å². The van der Waals surface area contributed by atoms with Gasteiger partial charge in [0.2, 0.25) is 0 Å². The molecule has 1 saturated heterocycles. The molecule has 5 rings (SSSR count). The van der Waals surface area contributed by atoms with E-state index in [4.69, 9.17) is 0 Å². The number of hydrogen-bond donors (Lipinski definition) is 2. The van der Waals surface area contributed by atoms with Gasteiger partial charge in [-0.2, -0.15) is 0 Å². The molecule has 0 bridgehead atoms. The highest BCUT2D eigenvalue weighted by Gasteiger charge is 2.22. The number of carbonyl (C=O) groups is 1. The maximum Gasteiger partial charge on any atom is 0.274 e. The Hall–Kier alpha value is -4.37. The van der Waals surface area contributed by atoms with Gasteiger partial charge in [0.1, 0.15) is 5.69 Å². The molecule has 1 aromatic heterocycles. The Labute approximate surface area is 253 Å². The van der Waals surface area contributed by atoms with Gasteiger partial charge < -0.3 is 20.1 Å². The van der Waals surface area contributed by atoms with Crippen LogP contribution < -0.4 is 21.1 Å². The summed E-state index contributed by atoms with van der Waals surface area (Å²) in [6, 6.07) is 23.0. The molecular weight excluding hydrogens is 560 g/mol. The number of rotatable bonds is 9. The zero-order valence-corrected chi connectivity index (χ0v) is 25.7. The van der Waals surface area contributed by atoms with Crippen LogP contribution in [0.4, 0.5) is 22.7 Å². The molecule has 0 saturated carbocycles. The van der Waals surface area contributed by atoms with E-state index in [0.29, 0.717) is 24.3 Å². The maximum atomic E-state index is 13.3. The van der Waals surface area contributed by atoms with Crippen molar-refractivity contribution in [1.82, 2.24) is 4.57 Å². The van der Waals surface area contributed by atoms with E-state index < -0.39 is 9.84 Å². The normalized spacial score (nSPS) is 14.3. The second-order valence-corrected chi connectivity index (χ2v) is 13.4. The van der Waals surface area contributed by atoms with Crippen LogP contribution in [0.2, 0.25) is 0 Å². The van der Waals surface area contributed by atoms with Crippen LogP contribution in [0.25, 0.3) is 11.1 Å². The molecule has 0 spiro atoms. The molecule has 224 valence electrons. The molecular formula is C34H38N4O4S. The van der Waals surface area contributed by atoms with Crippen LogP contribution in [0.1, 0.15) is 41.3 Å². The van der Waals surface area contributed by atoms with Crippen LogP contribution in [0.5, 0.6) is 0 Å². The number of sulfone groups is 1. The lowest BCUT2D eigenvalue weighted by Gasteiger charge is -2.28. The molecule has 2 heterocycles. The summed E-state index contributed by atoms with van der Waals surface area (Å²) in [5.74, 6) is 0.183. The maximum absolute atomic E-state index is 13.3. The quantitative estimate of drug-likeness (QED) is 0.248. The molecule has 1 fully saturated rings. The van der Waals surface area contributed by atoms with Crippen LogP contribution >= 0.6 is 0 Å². The number of amides is 1. The summed E-state index contributed by atoms with van der Waals surface area (Å²) in [6.07, 6.45) is 4.75. The molecule has 2 N–H and O–H groups in total. The lowest BCUT2D eigenvalue weighted by Crippen LogP contribution is -2.40. The molecule has 0 aliphatic carbocycles. The first kappa shape index (κ1) is 30.1. The van der Waals surface area contributed by atoms with Crippen LogP contribution in [-0.2, 0) is 23.3 Å². The number of nitrogens with one attached hydrogen (secondary N) is 2. The third kappa shape index (κ3) is 7.00. The zero-order valence-electron chi connectivity index (χ0n) is 24.9. The predicted molar refractivity (Wildman–Crippen MR) is 175 cm³/mol. The Kier molecular flexibility index (Phi) is 9.01. The molecule has 43 heavy (non-hydrogen) atoms. The van der Waals surface area contributed by atoms with E-state index in [9.17, 15) is 18.0 Å². The number of hydrogen-bond acceptors (Lipinski definition) is 6. The Morgan fingerprint density at radius 2 is 1.65 bits per heavy atom. The third-order valence-corrected chi connectivity index (χ3v) is 9.60. The van der Waals surface area contributed by atoms with Gasteiger partial charge in [-0.25, -0.2) is 8.42 Å². The van der Waals surface area contributed by atoms with E-state index in [-0.39, 0.29) is 23.0 Å². The van der Waals surface area contributed by atoms with Crippen LogP contribution in [-0.4, -0.2) is 43.5 Å². The number of benzene rings is 3. The fraction of sp³-hybridized carbons (Fsp3) is 0.294. The van der Waals surface area contributed by atoms with Gasteiger partial charge in [0, 0.05) is 54.5 Å². The molecule has 9 heteroatoms. The zero-order chi connectivity index (χ0) is 30.6. The first-order chi connectivity index (χ1) is 20.6. The van der Waals surface area contributed by atoms with Gasteiger partial charge in [0.25, 0.3) is 11.5 Å². The highest BCUT2D eigenvalue weighted by Crippen LogP contribution is 2.31.